The molecule has 2 heterocycles. The molecule has 0 bridgehead atoms. The molecule has 0 aromatic carbocycles. The molecule has 29 heavy (non-hydrogen) atoms. The van der Waals surface area contributed by atoms with Crippen LogP contribution in [0.15, 0.2) is 23.3 Å². The zero-order chi connectivity index (χ0) is 22.0. The Kier molecular flexibility index (Phi) is 7.27. The van der Waals surface area contributed by atoms with Crippen LogP contribution >= 0.6 is 0 Å². The monoisotopic (exact) mass is 411 g/mol. The van der Waals surface area contributed by atoms with Crippen molar-refractivity contribution in [2.24, 2.45) is 0 Å². The summed E-state index contributed by atoms with van der Waals surface area (Å²) in [5.41, 5.74) is -2.65. The van der Waals surface area contributed by atoms with Crippen LogP contribution in [0.1, 0.15) is 41.0 Å². The van der Waals surface area contributed by atoms with Crippen molar-refractivity contribution in [3.8, 4) is 0 Å². The number of hydrogen-bond acceptors (Lipinski definition) is 8. The number of esters is 2. The van der Waals surface area contributed by atoms with Crippen LogP contribution in [0.3, 0.4) is 0 Å². The third-order valence-electron chi connectivity index (χ3n) is 5.98. The molecule has 4 atom stereocenters. The Morgan fingerprint density at radius 3 is 2.59 bits per heavy atom. The molecule has 8 heteroatoms. The number of allylic oxidation sites excluding steroid dienone is 1. The summed E-state index contributed by atoms with van der Waals surface area (Å²) < 4.78 is 16.1. The van der Waals surface area contributed by atoms with Crippen molar-refractivity contribution < 1.29 is 34.0 Å². The maximum atomic E-state index is 12.7. The first-order chi connectivity index (χ1) is 13.5. The summed E-state index contributed by atoms with van der Waals surface area (Å²) in [6.45, 7) is 9.03. The molecule has 0 aliphatic carbocycles. The van der Waals surface area contributed by atoms with Gasteiger partial charge < -0.3 is 24.4 Å². The fourth-order valence-corrected chi connectivity index (χ4v) is 3.82. The molecule has 8 nitrogen and oxygen atoms in total. The van der Waals surface area contributed by atoms with Gasteiger partial charge in [-0.3, -0.25) is 4.90 Å². The summed E-state index contributed by atoms with van der Waals surface area (Å²) in [5, 5.41) is 21.2. The van der Waals surface area contributed by atoms with Crippen molar-refractivity contribution in [3.05, 3.63) is 23.3 Å². The fourth-order valence-electron chi connectivity index (χ4n) is 3.82. The first kappa shape index (κ1) is 23.5. The minimum absolute atomic E-state index is 0.0640. The number of fused-ring (bicyclic) bond motifs is 1. The van der Waals surface area contributed by atoms with Gasteiger partial charge in [-0.25, -0.2) is 9.59 Å². The lowest BCUT2D eigenvalue weighted by Crippen LogP contribution is -2.63. The van der Waals surface area contributed by atoms with E-state index in [1.165, 1.54) is 27.9 Å². The molecule has 0 aromatic rings. The third-order valence-corrected chi connectivity index (χ3v) is 5.98. The smallest absolute Gasteiger partial charge is 0.344 e. The average Bonchev–Trinajstić information content (AvgIpc) is 3.26. The molecule has 1 fully saturated rings. The maximum Gasteiger partial charge on any atom is 0.344 e. The Morgan fingerprint density at radius 2 is 2.03 bits per heavy atom. The van der Waals surface area contributed by atoms with Gasteiger partial charge in [-0.1, -0.05) is 12.2 Å². The second kappa shape index (κ2) is 8.95. The van der Waals surface area contributed by atoms with Crippen LogP contribution in [-0.2, 0) is 23.8 Å². The summed E-state index contributed by atoms with van der Waals surface area (Å²) in [7, 11) is 1.34. The van der Waals surface area contributed by atoms with Gasteiger partial charge in [0, 0.05) is 25.8 Å². The molecule has 0 spiro atoms. The first-order valence-electron chi connectivity index (χ1n) is 9.89. The molecule has 2 aliphatic rings. The van der Waals surface area contributed by atoms with Gasteiger partial charge in [0.05, 0.1) is 12.1 Å². The van der Waals surface area contributed by atoms with Gasteiger partial charge in [0.2, 0.25) is 5.60 Å². The zero-order valence-electron chi connectivity index (χ0n) is 18.1. The molecule has 0 unspecified atom stereocenters. The van der Waals surface area contributed by atoms with E-state index in [1.54, 1.807) is 19.9 Å². The SMILES string of the molecule is C/C=C(/C)C(=O)O[C@H]1CCN2CC=C(COC(=O)[C@@](O)([C@H](C)OC)C(C)(C)O)[C@H]12. The van der Waals surface area contributed by atoms with E-state index in [-0.39, 0.29) is 24.7 Å². The van der Waals surface area contributed by atoms with Crippen LogP contribution in [0.5, 0.6) is 0 Å². The Morgan fingerprint density at radius 1 is 1.38 bits per heavy atom. The van der Waals surface area contributed by atoms with Crippen molar-refractivity contribution in [1.82, 2.24) is 4.90 Å². The van der Waals surface area contributed by atoms with Gasteiger partial charge in [0.1, 0.15) is 18.3 Å². The van der Waals surface area contributed by atoms with E-state index in [4.69, 9.17) is 14.2 Å². The highest BCUT2D eigenvalue weighted by Crippen LogP contribution is 2.33. The predicted octanol–water partition coefficient (Wildman–Crippen LogP) is 0.959. The highest BCUT2D eigenvalue weighted by atomic mass is 16.6. The molecule has 0 aromatic heterocycles. The van der Waals surface area contributed by atoms with Crippen LogP contribution in [-0.4, -0.2) is 83.3 Å². The molecule has 0 radical (unpaired) electrons. The number of carbonyl (C=O) groups is 2. The van der Waals surface area contributed by atoms with Crippen LogP contribution in [0, 0.1) is 0 Å². The van der Waals surface area contributed by atoms with Crippen LogP contribution in [0.4, 0.5) is 0 Å². The first-order valence-corrected chi connectivity index (χ1v) is 9.89. The lowest BCUT2D eigenvalue weighted by Gasteiger charge is -2.40. The normalized spacial score (nSPS) is 25.8. The van der Waals surface area contributed by atoms with Crippen molar-refractivity contribution in [2.45, 2.75) is 70.5 Å². The van der Waals surface area contributed by atoms with Crippen LogP contribution in [0.2, 0.25) is 0 Å². The van der Waals surface area contributed by atoms with Crippen LogP contribution in [0.25, 0.3) is 0 Å². The highest BCUT2D eigenvalue weighted by Gasteiger charge is 2.55. The quantitative estimate of drug-likeness (QED) is 0.346. The number of hydrogen-bond donors (Lipinski definition) is 2. The maximum absolute atomic E-state index is 12.7. The lowest BCUT2D eigenvalue weighted by atomic mass is 9.81. The molecule has 2 N–H and O–H groups in total. The molecular formula is C21H33NO7. The summed E-state index contributed by atoms with van der Waals surface area (Å²) in [5.74, 6) is -1.32. The van der Waals surface area contributed by atoms with Gasteiger partial charge >= 0.3 is 11.9 Å². The van der Waals surface area contributed by atoms with Crippen LogP contribution < -0.4 is 0 Å². The predicted molar refractivity (Wildman–Crippen MR) is 106 cm³/mol. The Bertz CT molecular complexity index is 694. The summed E-state index contributed by atoms with van der Waals surface area (Å²) >= 11 is 0. The molecule has 0 amide bonds. The lowest BCUT2D eigenvalue weighted by molar-refractivity contribution is -0.216. The van der Waals surface area contributed by atoms with Gasteiger partial charge in [0.15, 0.2) is 0 Å². The average molecular weight is 411 g/mol. The van der Waals surface area contributed by atoms with E-state index in [0.29, 0.717) is 18.5 Å². The van der Waals surface area contributed by atoms with Gasteiger partial charge in [0.25, 0.3) is 0 Å². The number of rotatable bonds is 8. The number of methoxy groups -OCH3 is 1. The second-order valence-electron chi connectivity index (χ2n) is 8.20. The number of carbonyl (C=O) groups excluding carboxylic acids is 2. The van der Waals surface area contributed by atoms with Crippen molar-refractivity contribution in [2.75, 3.05) is 26.8 Å². The van der Waals surface area contributed by atoms with Crippen molar-refractivity contribution in [1.29, 1.82) is 0 Å². The van der Waals surface area contributed by atoms with E-state index in [9.17, 15) is 19.8 Å². The van der Waals surface area contributed by atoms with Gasteiger partial charge in [-0.05, 0) is 46.6 Å². The van der Waals surface area contributed by atoms with Crippen molar-refractivity contribution in [3.63, 3.8) is 0 Å². The van der Waals surface area contributed by atoms with Gasteiger partial charge in [-0.2, -0.15) is 0 Å². The molecule has 2 aliphatic heterocycles. The summed E-state index contributed by atoms with van der Waals surface area (Å²) in [6, 6.07) is -0.161. The minimum atomic E-state index is -2.23. The number of nitrogens with zero attached hydrogens (tertiary/aromatic N) is 1. The molecule has 2 rings (SSSR count). The topological polar surface area (TPSA) is 106 Å². The highest BCUT2D eigenvalue weighted by molar-refractivity contribution is 5.87. The van der Waals surface area contributed by atoms with E-state index < -0.39 is 23.3 Å². The van der Waals surface area contributed by atoms with E-state index in [0.717, 1.165) is 12.1 Å². The zero-order valence-corrected chi connectivity index (χ0v) is 18.1. The fraction of sp³-hybridized carbons (Fsp3) is 0.714. The largest absolute Gasteiger partial charge is 0.459 e. The molecular weight excluding hydrogens is 378 g/mol. The van der Waals surface area contributed by atoms with E-state index in [1.807, 2.05) is 6.08 Å². The molecule has 1 saturated heterocycles. The molecule has 0 saturated carbocycles. The van der Waals surface area contributed by atoms with E-state index in [2.05, 4.69) is 4.90 Å². The minimum Gasteiger partial charge on any atom is -0.459 e. The van der Waals surface area contributed by atoms with E-state index >= 15 is 0 Å². The second-order valence-corrected chi connectivity index (χ2v) is 8.20. The number of ether oxygens (including phenoxy) is 3. The number of aliphatic hydroxyl groups is 2. The summed E-state index contributed by atoms with van der Waals surface area (Å²) in [6.07, 6.45) is 3.05. The molecule has 164 valence electrons. The standard InChI is InChI=1S/C21H33NO7/c1-7-13(2)18(23)29-16-9-11-22-10-8-15(17(16)22)12-28-19(24)21(26,14(3)27-6)20(4,5)25/h7-8,14,16-17,25-26H,9-12H2,1-6H3/b13-7-/t14-,16-,17+,21-/m0/s1. The Balaban J connectivity index is 2.08. The third kappa shape index (κ3) is 4.55. The summed E-state index contributed by atoms with van der Waals surface area (Å²) in [4.78, 5) is 27.0. The van der Waals surface area contributed by atoms with Crippen molar-refractivity contribution >= 4 is 11.9 Å². The van der Waals surface area contributed by atoms with Gasteiger partial charge in [-0.15, -0.1) is 0 Å². The Labute approximate surface area is 172 Å². The Hall–Kier alpha value is -1.74.